The number of ketones is 1. The highest BCUT2D eigenvalue weighted by Gasteiger charge is 2.71. The molecule has 0 aromatic heterocycles. The second-order valence-electron chi connectivity index (χ2n) is 29.1. The molecule has 1 N–H and O–H groups in total. The minimum atomic E-state index is -4.36. The summed E-state index contributed by atoms with van der Waals surface area (Å²) < 4.78 is 188. The van der Waals surface area contributed by atoms with E-state index in [1.165, 1.54) is 19.3 Å². The molecule has 17 rings (SSSR count). The molecule has 16 saturated carbocycles. The molecular formula is C59H78F12O12. The Balaban J connectivity index is 0.000000125. The summed E-state index contributed by atoms with van der Waals surface area (Å²) in [7, 11) is 0. The maximum absolute atomic E-state index is 13.7. The molecule has 24 heteroatoms. The third-order valence-electron chi connectivity index (χ3n) is 21.2. The average molecular weight is 1210 g/mol. The summed E-state index contributed by atoms with van der Waals surface area (Å²) in [5.74, 6) is -23.9. The van der Waals surface area contributed by atoms with Crippen LogP contribution in [0.25, 0.3) is 0 Å². The molecule has 83 heavy (non-hydrogen) atoms. The number of alkyl halides is 12. The standard InChI is InChI=1S/C17H20F6O4.C14H20F2O3.C14H18F2O3.C14H20F2O2/c1-13(18,19)12(24)27-14-4-9-2-10(5-14)17(11(3-9)6-14)25-7-15(20,21)16(22,23)8-26-17;1-12(15,16)8-19-11(17)13-3-9-2-10(4-13)6-14(18,5-9)7-13;1-13(15,16)7-19-12(18)14-4-8-2-9(5-14)11(17)10(3-8)6-14;1-13(15,16)8-18-12(17)14-5-9-2-10(6-14)4-11(3-9)7-14/h9-11H,2-8H2,1H3;9-10,18H,2-8H2,1H3;8-10H,2-7H2,1H3;9-11H,2-8H2,1H3. The maximum Gasteiger partial charge on any atom is 0.377 e. The van der Waals surface area contributed by atoms with Gasteiger partial charge in [0.2, 0.25) is 0 Å². The Kier molecular flexibility index (Phi) is 16.0. The molecule has 470 valence electrons. The molecule has 6 atom stereocenters. The molecular weight excluding hydrogens is 1130 g/mol. The maximum atomic E-state index is 13.7. The van der Waals surface area contributed by atoms with Gasteiger partial charge in [0.05, 0.1) is 21.8 Å². The van der Waals surface area contributed by atoms with Crippen molar-refractivity contribution < 1.29 is 110 Å². The summed E-state index contributed by atoms with van der Waals surface area (Å²) in [6, 6.07) is 0. The molecule has 16 bridgehead atoms. The number of hydrogen-bond acceptors (Lipinski definition) is 12. The van der Waals surface area contributed by atoms with E-state index in [4.69, 9.17) is 28.4 Å². The van der Waals surface area contributed by atoms with E-state index in [0.29, 0.717) is 100 Å². The number of halogens is 12. The van der Waals surface area contributed by atoms with E-state index in [2.05, 4.69) is 0 Å². The zero-order valence-electron chi connectivity index (χ0n) is 47.4. The van der Waals surface area contributed by atoms with Gasteiger partial charge >= 0.3 is 41.6 Å². The topological polar surface area (TPSA) is 161 Å². The summed E-state index contributed by atoms with van der Waals surface area (Å²) in [4.78, 5) is 60.3. The molecule has 17 fully saturated rings. The van der Waals surface area contributed by atoms with Crippen molar-refractivity contribution in [1.29, 1.82) is 0 Å². The smallest absolute Gasteiger partial charge is 0.377 e. The van der Waals surface area contributed by atoms with Crippen LogP contribution in [-0.2, 0) is 52.4 Å². The van der Waals surface area contributed by atoms with Gasteiger partial charge in [-0.25, -0.2) is 31.1 Å². The van der Waals surface area contributed by atoms with Gasteiger partial charge in [-0.2, -0.15) is 26.3 Å². The normalized spacial score (nSPS) is 42.0. The van der Waals surface area contributed by atoms with Crippen molar-refractivity contribution in [2.45, 2.75) is 221 Å². The lowest BCUT2D eigenvalue weighted by atomic mass is 9.48. The molecule has 17 aliphatic rings. The van der Waals surface area contributed by atoms with Crippen LogP contribution in [0.3, 0.4) is 0 Å². The SMILES string of the molecule is CC(F)(F)C(=O)OC12CC3CC(C1)C1(OCC(F)(F)C(F)(F)CO1)C(C3)C2.CC(F)(F)COC(=O)C12CC3CC(C1)C(=O)C(C3)C2.CC(F)(F)COC(=O)C12CC3CC(CC(C3)C1)C2.CC(F)(F)COC(=O)C12CC3CC(CC(O)(C3)C1)C2. The third-order valence-corrected chi connectivity index (χ3v) is 21.2. The molecule has 1 aliphatic heterocycles. The number of rotatable bonds is 11. The molecule has 12 nitrogen and oxygen atoms in total. The monoisotopic (exact) mass is 1210 g/mol. The first-order valence-corrected chi connectivity index (χ1v) is 29.7. The van der Waals surface area contributed by atoms with Crippen molar-refractivity contribution in [1.82, 2.24) is 0 Å². The van der Waals surface area contributed by atoms with E-state index < -0.39 is 132 Å². The fourth-order valence-corrected chi connectivity index (χ4v) is 19.2. The number of ether oxygens (including phenoxy) is 6. The first-order chi connectivity index (χ1) is 38.1. The number of aliphatic hydroxyl groups is 1. The van der Waals surface area contributed by atoms with Gasteiger partial charge in [-0.05, 0) is 183 Å². The van der Waals surface area contributed by atoms with Crippen LogP contribution in [-0.4, -0.2) is 120 Å². The van der Waals surface area contributed by atoms with E-state index in [9.17, 15) is 81.8 Å². The summed E-state index contributed by atoms with van der Waals surface area (Å²) in [6.07, 6.45) is 15.6. The molecule has 1 saturated heterocycles. The second kappa shape index (κ2) is 21.1. The molecule has 1 spiro atoms. The van der Waals surface area contributed by atoms with Crippen molar-refractivity contribution >= 4 is 29.7 Å². The van der Waals surface area contributed by atoms with E-state index in [1.807, 2.05) is 0 Å². The van der Waals surface area contributed by atoms with Crippen LogP contribution >= 0.6 is 0 Å². The van der Waals surface area contributed by atoms with Crippen LogP contribution in [0.2, 0.25) is 0 Å². The van der Waals surface area contributed by atoms with Crippen molar-refractivity contribution in [2.75, 3.05) is 33.0 Å². The van der Waals surface area contributed by atoms with E-state index >= 15 is 0 Å². The molecule has 0 aromatic carbocycles. The van der Waals surface area contributed by atoms with Gasteiger partial charge in [0.25, 0.3) is 17.8 Å². The van der Waals surface area contributed by atoms with Crippen LogP contribution in [0, 0.1) is 81.3 Å². The Labute approximate surface area is 474 Å². The highest BCUT2D eigenvalue weighted by Crippen LogP contribution is 2.66. The minimum absolute atomic E-state index is 0.0166. The van der Waals surface area contributed by atoms with Crippen molar-refractivity contribution in [2.24, 2.45) is 81.3 Å². The van der Waals surface area contributed by atoms with Crippen molar-refractivity contribution in [3.05, 3.63) is 0 Å². The Morgan fingerprint density at radius 3 is 1.22 bits per heavy atom. The first kappa shape index (κ1) is 62.6. The zero-order chi connectivity index (χ0) is 60.6. The predicted octanol–water partition coefficient (Wildman–Crippen LogP) is 12.3. The van der Waals surface area contributed by atoms with Crippen LogP contribution in [0.15, 0.2) is 0 Å². The predicted molar refractivity (Wildman–Crippen MR) is 266 cm³/mol. The van der Waals surface area contributed by atoms with Gasteiger partial charge < -0.3 is 33.5 Å². The summed E-state index contributed by atoms with van der Waals surface area (Å²) >= 11 is 0. The van der Waals surface area contributed by atoms with Gasteiger partial charge in [0, 0.05) is 51.4 Å². The fourth-order valence-electron chi connectivity index (χ4n) is 19.2. The number of Topliss-reactive ketones (excluding diaryl/α,β-unsaturated/α-hetero) is 1. The van der Waals surface area contributed by atoms with Crippen LogP contribution in [0.4, 0.5) is 52.7 Å². The molecule has 16 aliphatic carbocycles. The van der Waals surface area contributed by atoms with Crippen LogP contribution in [0.1, 0.15) is 169 Å². The van der Waals surface area contributed by atoms with Crippen LogP contribution in [0.5, 0.6) is 0 Å². The highest BCUT2D eigenvalue weighted by molar-refractivity contribution is 5.89. The Morgan fingerprint density at radius 1 is 0.482 bits per heavy atom. The minimum Gasteiger partial charge on any atom is -0.459 e. The zero-order valence-corrected chi connectivity index (χ0v) is 47.4. The second-order valence-corrected chi connectivity index (χ2v) is 29.1. The average Bonchev–Trinajstić information content (AvgIpc) is 3.22. The largest absolute Gasteiger partial charge is 0.459 e. The summed E-state index contributed by atoms with van der Waals surface area (Å²) in [5.41, 5.74) is -3.69. The molecule has 1 heterocycles. The lowest BCUT2D eigenvalue weighted by Gasteiger charge is -2.63. The Bertz CT molecular complexity index is 2400. The van der Waals surface area contributed by atoms with Gasteiger partial charge in [-0.1, -0.05) is 0 Å². The first-order valence-electron chi connectivity index (χ1n) is 29.7. The summed E-state index contributed by atoms with van der Waals surface area (Å²) in [6.45, 7) is -2.72. The van der Waals surface area contributed by atoms with Gasteiger partial charge in [0.15, 0.2) is 25.6 Å². The van der Waals surface area contributed by atoms with Crippen molar-refractivity contribution in [3.63, 3.8) is 0 Å². The lowest BCUT2D eigenvalue weighted by Crippen LogP contribution is -2.66. The molecule has 6 unspecified atom stereocenters. The fraction of sp³-hybridized carbons (Fsp3) is 0.915. The van der Waals surface area contributed by atoms with Gasteiger partial charge in [0.1, 0.15) is 24.6 Å². The van der Waals surface area contributed by atoms with E-state index in [0.717, 1.165) is 72.1 Å². The number of carbonyl (C=O) groups excluding carboxylic acids is 5. The van der Waals surface area contributed by atoms with E-state index in [-0.39, 0.29) is 42.3 Å². The molecule has 0 radical (unpaired) electrons. The number of hydrogen-bond donors (Lipinski definition) is 1. The molecule has 0 aromatic rings. The number of carbonyl (C=O) groups is 5. The summed E-state index contributed by atoms with van der Waals surface area (Å²) in [5, 5.41) is 10.5. The lowest BCUT2D eigenvalue weighted by molar-refractivity contribution is -0.355. The quantitative estimate of drug-likeness (QED) is 0.119. The Hall–Kier alpha value is -3.41. The highest BCUT2D eigenvalue weighted by atomic mass is 19.3. The third kappa shape index (κ3) is 12.8. The Morgan fingerprint density at radius 2 is 0.831 bits per heavy atom. The molecule has 0 amide bonds. The van der Waals surface area contributed by atoms with E-state index in [1.54, 1.807) is 0 Å². The van der Waals surface area contributed by atoms with Gasteiger partial charge in [-0.3, -0.25) is 19.2 Å². The number of esters is 4. The van der Waals surface area contributed by atoms with Gasteiger partial charge in [-0.15, -0.1) is 0 Å². The van der Waals surface area contributed by atoms with Crippen LogP contribution < -0.4 is 0 Å². The van der Waals surface area contributed by atoms with Crippen molar-refractivity contribution in [3.8, 4) is 0 Å².